The first-order chi connectivity index (χ1) is 7.34. The van der Waals surface area contributed by atoms with Gasteiger partial charge in [0.1, 0.15) is 5.82 Å². The Morgan fingerprint density at radius 3 is 1.38 bits per heavy atom. The molecule has 1 heteroatoms. The molecule has 0 unspecified atom stereocenters. The van der Waals surface area contributed by atoms with E-state index in [1.54, 1.807) is 0 Å². The van der Waals surface area contributed by atoms with Crippen LogP contribution in [0.25, 0.3) is 0 Å². The van der Waals surface area contributed by atoms with Gasteiger partial charge in [-0.25, -0.2) is 4.39 Å². The van der Waals surface area contributed by atoms with Gasteiger partial charge in [0, 0.05) is 0 Å². The molecule has 0 N–H and O–H groups in total. The van der Waals surface area contributed by atoms with Gasteiger partial charge in [0.15, 0.2) is 0 Å². The second kappa shape index (κ2) is 4.99. The summed E-state index contributed by atoms with van der Waals surface area (Å²) in [5.41, 5.74) is 2.96. The molecule has 90 valence electrons. The highest BCUT2D eigenvalue weighted by atomic mass is 18.2. The van der Waals surface area contributed by atoms with Gasteiger partial charge in [0.2, 0.25) is 0 Å². The van der Waals surface area contributed by atoms with Crippen molar-refractivity contribution in [1.82, 2.24) is 0 Å². The van der Waals surface area contributed by atoms with E-state index in [9.17, 15) is 4.39 Å². The number of hydrogen-bond acceptors (Lipinski definition) is 0. The molecule has 0 aliphatic heterocycles. The van der Waals surface area contributed by atoms with Crippen molar-refractivity contribution in [2.75, 3.05) is 0 Å². The quantitative estimate of drug-likeness (QED) is 0.658. The maximum Gasteiger partial charge on any atom is 0.130 e. The van der Waals surface area contributed by atoms with E-state index in [0.29, 0.717) is 5.92 Å². The minimum atomic E-state index is -0.00519. The molecule has 0 fully saturated rings. The topological polar surface area (TPSA) is 0 Å². The monoisotopic (exact) mass is 221 g/mol. The van der Waals surface area contributed by atoms with Crippen molar-refractivity contribution in [1.29, 1.82) is 0 Å². The van der Waals surface area contributed by atoms with Gasteiger partial charge >= 0.3 is 0 Å². The average molecular weight is 221 g/mol. The Hall–Kier alpha value is -0.850. The zero-order valence-corrected chi connectivity index (χ0v) is 11.3. The van der Waals surface area contributed by atoms with Crippen LogP contribution in [0.5, 0.6) is 0 Å². The van der Waals surface area contributed by atoms with Gasteiger partial charge in [-0.2, -0.15) is 0 Å². The molecular formula is C15H23F. The summed E-state index contributed by atoms with van der Waals surface area (Å²) in [6.07, 6.45) is 0. The van der Waals surface area contributed by atoms with Gasteiger partial charge in [0.05, 0.1) is 0 Å². The largest absolute Gasteiger partial charge is 0.206 e. The third-order valence-electron chi connectivity index (χ3n) is 3.06. The van der Waals surface area contributed by atoms with Gasteiger partial charge < -0.3 is 0 Å². The van der Waals surface area contributed by atoms with Crippen molar-refractivity contribution in [3.8, 4) is 0 Å². The van der Waals surface area contributed by atoms with Crippen LogP contribution >= 0.6 is 0 Å². The van der Waals surface area contributed by atoms with Gasteiger partial charge in [-0.05, 0) is 34.4 Å². The van der Waals surface area contributed by atoms with Crippen molar-refractivity contribution in [2.24, 2.45) is 0 Å². The number of benzene rings is 1. The zero-order chi connectivity index (χ0) is 12.5. The Morgan fingerprint density at radius 1 is 0.750 bits per heavy atom. The van der Waals surface area contributed by atoms with E-state index in [1.807, 2.05) is 39.8 Å². The Kier molecular flexibility index (Phi) is 4.12. The van der Waals surface area contributed by atoms with Crippen LogP contribution in [0.4, 0.5) is 4.39 Å². The summed E-state index contributed by atoms with van der Waals surface area (Å²) >= 11 is 0. The van der Waals surface area contributed by atoms with E-state index in [-0.39, 0.29) is 17.7 Å². The third kappa shape index (κ3) is 2.63. The summed E-state index contributed by atoms with van der Waals surface area (Å²) in [7, 11) is 0. The zero-order valence-electron chi connectivity index (χ0n) is 11.3. The molecule has 16 heavy (non-hydrogen) atoms. The normalized spacial score (nSPS) is 11.9. The van der Waals surface area contributed by atoms with Gasteiger partial charge in [-0.3, -0.25) is 0 Å². The third-order valence-corrected chi connectivity index (χ3v) is 3.06. The summed E-state index contributed by atoms with van der Waals surface area (Å²) in [5, 5.41) is 0. The molecule has 1 aromatic rings. The molecule has 0 heterocycles. The molecule has 0 aliphatic carbocycles. The van der Waals surface area contributed by atoms with Crippen LogP contribution in [0, 0.1) is 5.82 Å². The summed E-state index contributed by atoms with van der Waals surface area (Å²) in [6.45, 7) is 12.5. The van der Waals surface area contributed by atoms with E-state index in [2.05, 4.69) is 13.8 Å². The molecule has 0 aromatic heterocycles. The predicted molar refractivity (Wildman–Crippen MR) is 68.7 cm³/mol. The molecule has 0 bridgehead atoms. The molecule has 0 atom stereocenters. The number of rotatable bonds is 3. The molecule has 1 rings (SSSR count). The first-order valence-corrected chi connectivity index (χ1v) is 6.17. The van der Waals surface area contributed by atoms with Crippen LogP contribution in [-0.2, 0) is 0 Å². The highest BCUT2D eigenvalue weighted by molar-refractivity contribution is 5.36. The lowest BCUT2D eigenvalue weighted by Gasteiger charge is -2.18. The maximum absolute atomic E-state index is 14.2. The number of halogens is 1. The number of hydrogen-bond donors (Lipinski definition) is 0. The minimum Gasteiger partial charge on any atom is -0.206 e. The molecule has 0 saturated carbocycles. The Bertz CT molecular complexity index is 333. The fraction of sp³-hybridized carbons (Fsp3) is 0.600. The minimum absolute atomic E-state index is 0.00519. The van der Waals surface area contributed by atoms with Gasteiger partial charge in [-0.15, -0.1) is 0 Å². The van der Waals surface area contributed by atoms with Crippen LogP contribution in [0.1, 0.15) is 76.0 Å². The molecule has 0 saturated heterocycles. The van der Waals surface area contributed by atoms with Gasteiger partial charge in [0.25, 0.3) is 0 Å². The standard InChI is InChI=1S/C15H23F/c1-9(2)12-7-13(10(3)4)15(16)14(8-12)11(5)6/h7-11H,1-6H3/i16-1. The maximum atomic E-state index is 14.2. The Labute approximate surface area is 98.9 Å². The van der Waals surface area contributed by atoms with Crippen molar-refractivity contribution >= 4 is 0 Å². The van der Waals surface area contributed by atoms with E-state index in [1.165, 1.54) is 5.56 Å². The fourth-order valence-corrected chi connectivity index (χ4v) is 1.87. The molecule has 0 spiro atoms. The SMILES string of the molecule is CC(C)c1cc(C(C)C)c([18F])c(C(C)C)c1. The van der Waals surface area contributed by atoms with Gasteiger partial charge in [-0.1, -0.05) is 53.7 Å². The first-order valence-electron chi connectivity index (χ1n) is 6.17. The molecule has 1 aromatic carbocycles. The average Bonchev–Trinajstić information content (AvgIpc) is 2.16. The fourth-order valence-electron chi connectivity index (χ4n) is 1.87. The summed E-state index contributed by atoms with van der Waals surface area (Å²) in [6, 6.07) is 4.05. The Morgan fingerprint density at radius 2 is 1.12 bits per heavy atom. The molecule has 0 aliphatic rings. The Balaban J connectivity index is 3.39. The van der Waals surface area contributed by atoms with Crippen molar-refractivity contribution in [3.05, 3.63) is 34.6 Å². The molecular weight excluding hydrogens is 198 g/mol. The highest BCUT2D eigenvalue weighted by Gasteiger charge is 2.16. The highest BCUT2D eigenvalue weighted by Crippen LogP contribution is 2.30. The molecule has 0 amide bonds. The van der Waals surface area contributed by atoms with Crippen molar-refractivity contribution in [3.63, 3.8) is 0 Å². The van der Waals surface area contributed by atoms with E-state index in [0.717, 1.165) is 11.1 Å². The lowest BCUT2D eigenvalue weighted by Crippen LogP contribution is -2.04. The lowest BCUT2D eigenvalue weighted by molar-refractivity contribution is 0.570. The first kappa shape index (κ1) is 13.2. The van der Waals surface area contributed by atoms with E-state index in [4.69, 9.17) is 0 Å². The second-order valence-electron chi connectivity index (χ2n) is 5.48. The second-order valence-corrected chi connectivity index (χ2v) is 5.48. The van der Waals surface area contributed by atoms with E-state index < -0.39 is 0 Å². The van der Waals surface area contributed by atoms with Crippen LogP contribution in [0.15, 0.2) is 12.1 Å². The predicted octanol–water partition coefficient (Wildman–Crippen LogP) is 5.20. The van der Waals surface area contributed by atoms with E-state index >= 15 is 0 Å². The van der Waals surface area contributed by atoms with Crippen LogP contribution < -0.4 is 0 Å². The lowest BCUT2D eigenvalue weighted by atomic mass is 9.89. The van der Waals surface area contributed by atoms with Crippen LogP contribution in [-0.4, -0.2) is 0 Å². The van der Waals surface area contributed by atoms with Crippen LogP contribution in [0.2, 0.25) is 0 Å². The molecule has 0 radical (unpaired) electrons. The molecule has 0 nitrogen and oxygen atoms in total. The van der Waals surface area contributed by atoms with Crippen molar-refractivity contribution < 1.29 is 4.39 Å². The summed E-state index contributed by atoms with van der Waals surface area (Å²) in [4.78, 5) is 0. The van der Waals surface area contributed by atoms with Crippen LogP contribution in [0.3, 0.4) is 0 Å². The van der Waals surface area contributed by atoms with Crippen molar-refractivity contribution in [2.45, 2.75) is 59.3 Å². The summed E-state index contributed by atoms with van der Waals surface area (Å²) in [5.74, 6) is 0.942. The smallest absolute Gasteiger partial charge is 0.130 e. The summed E-state index contributed by atoms with van der Waals surface area (Å²) < 4.78 is 14.2.